The van der Waals surface area contributed by atoms with Crippen molar-refractivity contribution in [2.45, 2.75) is 49.4 Å². The van der Waals surface area contributed by atoms with Gasteiger partial charge in [-0.2, -0.15) is 0 Å². The van der Waals surface area contributed by atoms with Crippen LogP contribution in [0.1, 0.15) is 45.2 Å². The minimum Gasteiger partial charge on any atom is -0.338 e. The molecule has 1 aliphatic rings. The summed E-state index contributed by atoms with van der Waals surface area (Å²) in [5.41, 5.74) is 1.20. The van der Waals surface area contributed by atoms with Crippen molar-refractivity contribution in [1.29, 1.82) is 0 Å². The van der Waals surface area contributed by atoms with Crippen LogP contribution in [0, 0.1) is 0 Å². The largest absolute Gasteiger partial charge is 0.338 e. The molecule has 3 nitrogen and oxygen atoms in total. The Morgan fingerprint density at radius 2 is 2.28 bits per heavy atom. The van der Waals surface area contributed by atoms with Gasteiger partial charge in [-0.05, 0) is 18.9 Å². The zero-order chi connectivity index (χ0) is 13.2. The molecule has 1 aliphatic heterocycles. The summed E-state index contributed by atoms with van der Waals surface area (Å²) < 4.78 is 0.133. The summed E-state index contributed by atoms with van der Waals surface area (Å²) in [6, 6.07) is 4.28. The molecule has 0 unspecified atom stereocenters. The maximum Gasteiger partial charge on any atom is 0.210 e. The molecule has 4 heteroatoms. The number of carbonyl (C=O) groups excluding carboxylic acids is 1. The average molecular weight is 264 g/mol. The van der Waals surface area contributed by atoms with Gasteiger partial charge >= 0.3 is 0 Å². The predicted octanol–water partition coefficient (Wildman–Crippen LogP) is 3.27. The van der Waals surface area contributed by atoms with E-state index in [0.717, 1.165) is 30.8 Å². The third kappa shape index (κ3) is 3.05. The van der Waals surface area contributed by atoms with Crippen molar-refractivity contribution in [3.63, 3.8) is 0 Å². The van der Waals surface area contributed by atoms with Gasteiger partial charge in [-0.1, -0.05) is 26.8 Å². The molecule has 0 saturated carbocycles. The molecule has 0 aromatic carbocycles. The third-order valence-electron chi connectivity index (χ3n) is 2.99. The van der Waals surface area contributed by atoms with Crippen LogP contribution >= 0.6 is 11.8 Å². The fraction of sp³-hybridized carbons (Fsp3) is 0.571. The summed E-state index contributed by atoms with van der Waals surface area (Å²) in [5, 5.41) is 1.06. The van der Waals surface area contributed by atoms with E-state index >= 15 is 0 Å². The zero-order valence-corrected chi connectivity index (χ0v) is 12.0. The smallest absolute Gasteiger partial charge is 0.210 e. The van der Waals surface area contributed by atoms with Crippen molar-refractivity contribution < 1.29 is 4.79 Å². The van der Waals surface area contributed by atoms with Crippen LogP contribution in [0.3, 0.4) is 0 Å². The van der Waals surface area contributed by atoms with E-state index in [4.69, 9.17) is 0 Å². The Morgan fingerprint density at radius 1 is 1.50 bits per heavy atom. The molecule has 98 valence electrons. The number of carbonyl (C=O) groups is 1. The van der Waals surface area contributed by atoms with Crippen LogP contribution in [0.4, 0.5) is 0 Å². The molecule has 1 atom stereocenters. The molecule has 0 spiro atoms. The van der Waals surface area contributed by atoms with Crippen LogP contribution in [0.25, 0.3) is 0 Å². The molecule has 1 aromatic heterocycles. The molecule has 1 saturated heterocycles. The SMILES string of the molecule is CC(C)(C)Sc1ncccc1[C@H]1CCCN1C=O. The highest BCUT2D eigenvalue weighted by atomic mass is 32.2. The number of nitrogens with zero attached hydrogens (tertiary/aromatic N) is 2. The van der Waals surface area contributed by atoms with E-state index in [2.05, 4.69) is 31.8 Å². The molecule has 2 heterocycles. The Bertz CT molecular complexity index is 428. The van der Waals surface area contributed by atoms with E-state index in [0.29, 0.717) is 0 Å². The van der Waals surface area contributed by atoms with Crippen LogP contribution in [0.15, 0.2) is 23.4 Å². The lowest BCUT2D eigenvalue weighted by Gasteiger charge is -2.24. The maximum atomic E-state index is 11.1. The lowest BCUT2D eigenvalue weighted by atomic mass is 10.1. The summed E-state index contributed by atoms with van der Waals surface area (Å²) in [6.07, 6.45) is 4.92. The van der Waals surface area contributed by atoms with E-state index in [1.165, 1.54) is 5.56 Å². The Balaban J connectivity index is 2.29. The monoisotopic (exact) mass is 264 g/mol. The Labute approximate surface area is 113 Å². The van der Waals surface area contributed by atoms with Gasteiger partial charge in [0.2, 0.25) is 6.41 Å². The van der Waals surface area contributed by atoms with Crippen LogP contribution in [0.2, 0.25) is 0 Å². The van der Waals surface area contributed by atoms with Crippen molar-refractivity contribution in [3.05, 3.63) is 23.9 Å². The van der Waals surface area contributed by atoms with E-state index in [1.807, 2.05) is 17.2 Å². The number of hydrogen-bond donors (Lipinski definition) is 0. The number of hydrogen-bond acceptors (Lipinski definition) is 3. The molecular formula is C14H20N2OS. The van der Waals surface area contributed by atoms with Gasteiger partial charge < -0.3 is 4.90 Å². The maximum absolute atomic E-state index is 11.1. The highest BCUT2D eigenvalue weighted by Gasteiger charge is 2.28. The molecule has 0 aliphatic carbocycles. The van der Waals surface area contributed by atoms with E-state index in [9.17, 15) is 4.79 Å². The summed E-state index contributed by atoms with van der Waals surface area (Å²) in [5.74, 6) is 0. The molecule has 1 amide bonds. The van der Waals surface area contributed by atoms with Gasteiger partial charge in [0.25, 0.3) is 0 Å². The molecule has 0 N–H and O–H groups in total. The summed E-state index contributed by atoms with van der Waals surface area (Å²) >= 11 is 1.77. The van der Waals surface area contributed by atoms with E-state index in [1.54, 1.807) is 11.8 Å². The second kappa shape index (κ2) is 5.31. The quantitative estimate of drug-likeness (QED) is 0.620. The summed E-state index contributed by atoms with van der Waals surface area (Å²) in [7, 11) is 0. The highest BCUT2D eigenvalue weighted by molar-refractivity contribution is 8.00. The number of thioether (sulfide) groups is 1. The molecule has 0 radical (unpaired) electrons. The fourth-order valence-electron chi connectivity index (χ4n) is 2.28. The van der Waals surface area contributed by atoms with Crippen molar-refractivity contribution in [2.24, 2.45) is 0 Å². The van der Waals surface area contributed by atoms with Crippen molar-refractivity contribution >= 4 is 18.2 Å². The normalized spacial score (nSPS) is 20.2. The van der Waals surface area contributed by atoms with Gasteiger partial charge in [-0.15, -0.1) is 11.8 Å². The van der Waals surface area contributed by atoms with Gasteiger partial charge in [0.15, 0.2) is 0 Å². The minimum absolute atomic E-state index is 0.133. The number of aromatic nitrogens is 1. The predicted molar refractivity (Wildman–Crippen MR) is 74.6 cm³/mol. The first-order valence-electron chi connectivity index (χ1n) is 6.36. The first kappa shape index (κ1) is 13.4. The fourth-order valence-corrected chi connectivity index (χ4v) is 3.30. The first-order valence-corrected chi connectivity index (χ1v) is 7.18. The third-order valence-corrected chi connectivity index (χ3v) is 4.14. The zero-order valence-electron chi connectivity index (χ0n) is 11.2. The van der Waals surface area contributed by atoms with E-state index < -0.39 is 0 Å². The lowest BCUT2D eigenvalue weighted by molar-refractivity contribution is -0.118. The lowest BCUT2D eigenvalue weighted by Crippen LogP contribution is -2.22. The van der Waals surface area contributed by atoms with Gasteiger partial charge in [-0.3, -0.25) is 4.79 Å². The van der Waals surface area contributed by atoms with Crippen LogP contribution in [-0.2, 0) is 4.79 Å². The van der Waals surface area contributed by atoms with Crippen molar-refractivity contribution in [3.8, 4) is 0 Å². The molecule has 0 bridgehead atoms. The number of rotatable bonds is 3. The number of pyridine rings is 1. The number of amides is 1. The van der Waals surface area contributed by atoms with Crippen LogP contribution < -0.4 is 0 Å². The molecule has 2 rings (SSSR count). The number of likely N-dealkylation sites (tertiary alicyclic amines) is 1. The van der Waals surface area contributed by atoms with Gasteiger partial charge in [-0.25, -0.2) is 4.98 Å². The summed E-state index contributed by atoms with van der Waals surface area (Å²) in [4.78, 5) is 17.5. The second-order valence-corrected chi connectivity index (χ2v) is 7.43. The van der Waals surface area contributed by atoms with Gasteiger partial charge in [0.05, 0.1) is 6.04 Å². The second-order valence-electron chi connectivity index (χ2n) is 5.61. The van der Waals surface area contributed by atoms with Crippen LogP contribution in [-0.4, -0.2) is 27.6 Å². The molecular weight excluding hydrogens is 244 g/mol. The highest BCUT2D eigenvalue weighted by Crippen LogP contribution is 2.39. The minimum atomic E-state index is 0.133. The van der Waals surface area contributed by atoms with Gasteiger partial charge in [0, 0.05) is 23.1 Å². The summed E-state index contributed by atoms with van der Waals surface area (Å²) in [6.45, 7) is 7.41. The Hall–Kier alpha value is -1.03. The molecule has 18 heavy (non-hydrogen) atoms. The first-order chi connectivity index (χ1) is 8.51. The Kier molecular flexibility index (Phi) is 3.95. The average Bonchev–Trinajstić information content (AvgIpc) is 2.75. The van der Waals surface area contributed by atoms with Gasteiger partial charge in [0.1, 0.15) is 5.03 Å². The standard InChI is InChI=1S/C14H20N2OS/c1-14(2,3)18-13-11(6-4-8-15-13)12-7-5-9-16(12)10-17/h4,6,8,10,12H,5,7,9H2,1-3H3/t12-/m1/s1. The van der Waals surface area contributed by atoms with Crippen molar-refractivity contribution in [2.75, 3.05) is 6.54 Å². The topological polar surface area (TPSA) is 33.2 Å². The van der Waals surface area contributed by atoms with Crippen LogP contribution in [0.5, 0.6) is 0 Å². The molecule has 1 aromatic rings. The van der Waals surface area contributed by atoms with Crippen molar-refractivity contribution in [1.82, 2.24) is 9.88 Å². The van der Waals surface area contributed by atoms with E-state index in [-0.39, 0.29) is 10.8 Å². The molecule has 1 fully saturated rings. The Morgan fingerprint density at radius 3 is 2.94 bits per heavy atom.